The summed E-state index contributed by atoms with van der Waals surface area (Å²) < 4.78 is 38.1. The second-order valence-electron chi connectivity index (χ2n) is 10.2. The second kappa shape index (κ2) is 12.2. The largest absolute Gasteiger partial charge is 0.507 e. The number of aromatic hydroxyl groups is 1. The number of phenolic OH excluding ortho intramolecular Hbond substituents is 1. The first-order chi connectivity index (χ1) is 20.5. The SMILES string of the molecule is COc1cc(O)c2c(=O)c(-c3ccc(O[C@@H]4O[C@@H](CO[C@@H]5OC[C@@](O)(CO)[C@H]5O)[C@@H](O)[C@@H](O)[C@@H]4O)c(OC)c3)coc2c1. The molecular formula is C28H32O15. The number of methoxy groups -OCH3 is 2. The second-order valence-corrected chi connectivity index (χ2v) is 10.2. The van der Waals surface area contributed by atoms with Crippen LogP contribution in [0.3, 0.4) is 0 Å². The van der Waals surface area contributed by atoms with E-state index in [0.717, 1.165) is 0 Å². The number of aliphatic hydroxyl groups is 6. The van der Waals surface area contributed by atoms with E-state index in [-0.39, 0.29) is 33.8 Å². The Morgan fingerprint density at radius 2 is 1.74 bits per heavy atom. The van der Waals surface area contributed by atoms with Gasteiger partial charge >= 0.3 is 0 Å². The minimum absolute atomic E-state index is 0.0406. The third-order valence-corrected chi connectivity index (χ3v) is 7.46. The lowest BCUT2D eigenvalue weighted by atomic mass is 9.99. The lowest BCUT2D eigenvalue weighted by Gasteiger charge is -2.40. The van der Waals surface area contributed by atoms with Crippen molar-refractivity contribution in [1.29, 1.82) is 0 Å². The van der Waals surface area contributed by atoms with E-state index in [1.54, 1.807) is 0 Å². The van der Waals surface area contributed by atoms with Gasteiger partial charge in [-0.25, -0.2) is 0 Å². The van der Waals surface area contributed by atoms with E-state index in [4.69, 9.17) is 32.8 Å². The third kappa shape index (κ3) is 5.74. The quantitative estimate of drug-likeness (QED) is 0.152. The molecule has 15 heteroatoms. The molecule has 2 fully saturated rings. The van der Waals surface area contributed by atoms with Gasteiger partial charge in [0, 0.05) is 12.1 Å². The number of benzene rings is 2. The molecule has 3 aromatic rings. The monoisotopic (exact) mass is 608 g/mol. The highest BCUT2D eigenvalue weighted by atomic mass is 16.7. The average molecular weight is 609 g/mol. The van der Waals surface area contributed by atoms with Crippen molar-refractivity contribution < 1.29 is 68.6 Å². The summed E-state index contributed by atoms with van der Waals surface area (Å²) in [5.41, 5.74) is -1.87. The Labute approximate surface area is 243 Å². The number of phenols is 1. The van der Waals surface area contributed by atoms with E-state index in [1.807, 2.05) is 0 Å². The first-order valence-corrected chi connectivity index (χ1v) is 13.1. The molecule has 0 aliphatic carbocycles. The Balaban J connectivity index is 1.34. The van der Waals surface area contributed by atoms with Gasteiger partial charge in [0.1, 0.15) is 64.9 Å². The molecule has 2 aliphatic rings. The van der Waals surface area contributed by atoms with Gasteiger partial charge in [0.2, 0.25) is 11.7 Å². The van der Waals surface area contributed by atoms with Crippen molar-refractivity contribution in [3.63, 3.8) is 0 Å². The predicted octanol–water partition coefficient (Wildman–Crippen LogP) is -1.17. The molecule has 0 unspecified atom stereocenters. The van der Waals surface area contributed by atoms with Crippen LogP contribution in [0.15, 0.2) is 45.8 Å². The van der Waals surface area contributed by atoms with Crippen molar-refractivity contribution in [3.05, 3.63) is 46.8 Å². The number of hydrogen-bond acceptors (Lipinski definition) is 15. The van der Waals surface area contributed by atoms with E-state index < -0.39 is 74.0 Å². The van der Waals surface area contributed by atoms with Crippen LogP contribution in [0, 0.1) is 0 Å². The molecule has 2 aliphatic heterocycles. The van der Waals surface area contributed by atoms with Crippen LogP contribution in [0.5, 0.6) is 23.0 Å². The maximum Gasteiger partial charge on any atom is 0.229 e. The first kappa shape index (κ1) is 30.9. The standard InChI is InChI=1S/C28H32O15/c1-37-13-6-15(30)20-18(7-13)39-8-14(21(20)31)12-3-4-16(17(5-12)38-2)42-26-24(34)23(33)22(32)19(43-26)9-40-27-25(35)28(36,10-29)11-41-27/h3-8,19,22-27,29-30,32-36H,9-11H2,1-2H3/t19-,22+,23+,24-,25-,26+,27+,28-/m0/s1. The van der Waals surface area contributed by atoms with Gasteiger partial charge in [-0.3, -0.25) is 4.79 Å². The fourth-order valence-corrected chi connectivity index (χ4v) is 4.86. The number of aliphatic hydroxyl groups excluding tert-OH is 5. The van der Waals surface area contributed by atoms with Crippen molar-refractivity contribution in [3.8, 4) is 34.1 Å². The van der Waals surface area contributed by atoms with Gasteiger partial charge in [0.05, 0.1) is 39.6 Å². The zero-order valence-corrected chi connectivity index (χ0v) is 23.0. The van der Waals surface area contributed by atoms with Crippen molar-refractivity contribution in [1.82, 2.24) is 0 Å². The summed E-state index contributed by atoms with van der Waals surface area (Å²) in [6, 6.07) is 7.13. The Kier molecular flexibility index (Phi) is 8.80. The Bertz CT molecular complexity index is 1510. The highest BCUT2D eigenvalue weighted by molar-refractivity contribution is 5.88. The van der Waals surface area contributed by atoms with E-state index in [9.17, 15) is 40.5 Å². The first-order valence-electron chi connectivity index (χ1n) is 13.1. The predicted molar refractivity (Wildman–Crippen MR) is 144 cm³/mol. The Morgan fingerprint density at radius 1 is 0.977 bits per heavy atom. The summed E-state index contributed by atoms with van der Waals surface area (Å²) in [5, 5.41) is 71.4. The van der Waals surface area contributed by atoms with Crippen LogP contribution in [-0.4, -0.2) is 118 Å². The van der Waals surface area contributed by atoms with Gasteiger partial charge in [0.15, 0.2) is 17.8 Å². The fourth-order valence-electron chi connectivity index (χ4n) is 4.86. The van der Waals surface area contributed by atoms with E-state index in [0.29, 0.717) is 11.3 Å². The average Bonchev–Trinajstić information content (AvgIpc) is 3.30. The molecule has 0 amide bonds. The highest BCUT2D eigenvalue weighted by Gasteiger charge is 2.50. The van der Waals surface area contributed by atoms with Crippen LogP contribution in [0.4, 0.5) is 0 Å². The van der Waals surface area contributed by atoms with Gasteiger partial charge in [-0.1, -0.05) is 6.07 Å². The summed E-state index contributed by atoms with van der Waals surface area (Å²) in [7, 11) is 2.74. The van der Waals surface area contributed by atoms with Crippen LogP contribution >= 0.6 is 0 Å². The van der Waals surface area contributed by atoms with Crippen LogP contribution in [0.2, 0.25) is 0 Å². The molecule has 8 atom stereocenters. The van der Waals surface area contributed by atoms with Crippen LogP contribution in [0.1, 0.15) is 0 Å². The molecule has 7 N–H and O–H groups in total. The van der Waals surface area contributed by atoms with Gasteiger partial charge in [-0.2, -0.15) is 0 Å². The van der Waals surface area contributed by atoms with Crippen molar-refractivity contribution >= 4 is 11.0 Å². The summed E-state index contributed by atoms with van der Waals surface area (Å²) in [6.07, 6.45) is -9.61. The smallest absolute Gasteiger partial charge is 0.229 e. The third-order valence-electron chi connectivity index (χ3n) is 7.46. The zero-order chi connectivity index (χ0) is 31.1. The maximum absolute atomic E-state index is 13.2. The fraction of sp³-hybridized carbons (Fsp3) is 0.464. The molecule has 15 nitrogen and oxygen atoms in total. The van der Waals surface area contributed by atoms with Gasteiger partial charge in [-0.05, 0) is 17.7 Å². The maximum atomic E-state index is 13.2. The minimum Gasteiger partial charge on any atom is -0.507 e. The van der Waals surface area contributed by atoms with E-state index >= 15 is 0 Å². The minimum atomic E-state index is -1.93. The van der Waals surface area contributed by atoms with Crippen molar-refractivity contribution in [2.24, 2.45) is 0 Å². The Hall–Kier alpha value is -3.51. The molecule has 5 rings (SSSR count). The highest BCUT2D eigenvalue weighted by Crippen LogP contribution is 2.36. The molecule has 0 saturated carbocycles. The number of fused-ring (bicyclic) bond motifs is 1. The molecule has 0 bridgehead atoms. The topological polar surface area (TPSA) is 227 Å². The van der Waals surface area contributed by atoms with Gasteiger partial charge in [0.25, 0.3) is 0 Å². The van der Waals surface area contributed by atoms with Crippen molar-refractivity contribution in [2.75, 3.05) is 34.0 Å². The van der Waals surface area contributed by atoms with Crippen LogP contribution in [0.25, 0.3) is 22.1 Å². The number of rotatable bonds is 9. The molecule has 0 radical (unpaired) electrons. The molecule has 2 aromatic carbocycles. The summed E-state index contributed by atoms with van der Waals surface area (Å²) in [6.45, 7) is -1.63. The number of ether oxygens (including phenoxy) is 6. The molecule has 1 aromatic heterocycles. The van der Waals surface area contributed by atoms with E-state index in [2.05, 4.69) is 0 Å². The Morgan fingerprint density at radius 3 is 2.42 bits per heavy atom. The van der Waals surface area contributed by atoms with Crippen LogP contribution < -0.4 is 19.6 Å². The van der Waals surface area contributed by atoms with Crippen LogP contribution in [-0.2, 0) is 14.2 Å². The van der Waals surface area contributed by atoms with Crippen molar-refractivity contribution in [2.45, 2.75) is 48.7 Å². The molecular weight excluding hydrogens is 576 g/mol. The zero-order valence-electron chi connectivity index (χ0n) is 23.0. The molecule has 234 valence electrons. The van der Waals surface area contributed by atoms with Gasteiger partial charge < -0.3 is 68.6 Å². The molecule has 43 heavy (non-hydrogen) atoms. The van der Waals surface area contributed by atoms with E-state index in [1.165, 1.54) is 50.8 Å². The summed E-state index contributed by atoms with van der Waals surface area (Å²) >= 11 is 0. The van der Waals surface area contributed by atoms with Gasteiger partial charge in [-0.15, -0.1) is 0 Å². The molecule has 0 spiro atoms. The lowest BCUT2D eigenvalue weighted by Crippen LogP contribution is -2.60. The summed E-state index contributed by atoms with van der Waals surface area (Å²) in [4.78, 5) is 13.2. The lowest BCUT2D eigenvalue weighted by molar-refractivity contribution is -0.289. The number of hydrogen-bond donors (Lipinski definition) is 7. The normalized spacial score (nSPS) is 30.8. The molecule has 2 saturated heterocycles. The molecule has 3 heterocycles. The summed E-state index contributed by atoms with van der Waals surface area (Å²) in [5.74, 6) is 0.128.